The van der Waals surface area contributed by atoms with E-state index in [1.807, 2.05) is 0 Å². The molecule has 0 aliphatic rings. The summed E-state index contributed by atoms with van der Waals surface area (Å²) in [6.45, 7) is 2.19. The highest BCUT2D eigenvalue weighted by Crippen LogP contribution is 2.22. The standard InChI is InChI=1S/C11H12N2S2/c1-2-4-8-5-3-6-9(7-8)10-12-13-11(14)15-10/h3,5-7H,2,4H2,1H3,(H,13,14). The van der Waals surface area contributed by atoms with Crippen LogP contribution in [0.25, 0.3) is 10.6 Å². The molecule has 78 valence electrons. The molecule has 2 rings (SSSR count). The molecule has 1 N–H and O–H groups in total. The topological polar surface area (TPSA) is 28.7 Å². The number of hydrogen-bond donors (Lipinski definition) is 1. The van der Waals surface area contributed by atoms with E-state index in [0.717, 1.165) is 20.9 Å². The molecule has 4 heteroatoms. The summed E-state index contributed by atoms with van der Waals surface area (Å²) in [6.07, 6.45) is 2.28. The van der Waals surface area contributed by atoms with Crippen LogP contribution in [0.15, 0.2) is 24.3 Å². The van der Waals surface area contributed by atoms with E-state index in [1.54, 1.807) is 0 Å². The van der Waals surface area contributed by atoms with E-state index in [4.69, 9.17) is 12.2 Å². The fourth-order valence-electron chi connectivity index (χ4n) is 1.50. The van der Waals surface area contributed by atoms with Crippen molar-refractivity contribution in [2.75, 3.05) is 0 Å². The average molecular weight is 236 g/mol. The number of aryl methyl sites for hydroxylation is 1. The van der Waals surface area contributed by atoms with E-state index in [0.29, 0.717) is 0 Å². The van der Waals surface area contributed by atoms with Crippen molar-refractivity contribution in [1.82, 2.24) is 10.2 Å². The second-order valence-corrected chi connectivity index (χ2v) is 5.03. The third kappa shape index (κ3) is 2.52. The van der Waals surface area contributed by atoms with Crippen LogP contribution in [-0.4, -0.2) is 10.2 Å². The lowest BCUT2D eigenvalue weighted by Gasteiger charge is -2.00. The first-order chi connectivity index (χ1) is 7.29. The van der Waals surface area contributed by atoms with Crippen LogP contribution < -0.4 is 0 Å². The Morgan fingerprint density at radius 2 is 2.33 bits per heavy atom. The molecule has 0 unspecified atom stereocenters. The first kappa shape index (κ1) is 10.5. The number of nitrogens with one attached hydrogen (secondary N) is 1. The van der Waals surface area contributed by atoms with Crippen molar-refractivity contribution in [3.8, 4) is 10.6 Å². The van der Waals surface area contributed by atoms with E-state index >= 15 is 0 Å². The summed E-state index contributed by atoms with van der Waals surface area (Å²) in [6, 6.07) is 8.48. The molecule has 0 radical (unpaired) electrons. The number of nitrogens with zero attached hydrogens (tertiary/aromatic N) is 1. The third-order valence-electron chi connectivity index (χ3n) is 2.15. The maximum absolute atomic E-state index is 5.02. The zero-order valence-electron chi connectivity index (χ0n) is 8.49. The van der Waals surface area contributed by atoms with Crippen LogP contribution in [-0.2, 0) is 6.42 Å². The highest BCUT2D eigenvalue weighted by Gasteiger charge is 2.02. The monoisotopic (exact) mass is 236 g/mol. The van der Waals surface area contributed by atoms with Crippen molar-refractivity contribution < 1.29 is 0 Å². The average Bonchev–Trinajstić information content (AvgIpc) is 2.66. The molecule has 2 nitrogen and oxygen atoms in total. The minimum atomic E-state index is 0.728. The van der Waals surface area contributed by atoms with Gasteiger partial charge in [-0.2, -0.15) is 5.10 Å². The molecule has 0 aliphatic carbocycles. The van der Waals surface area contributed by atoms with Gasteiger partial charge in [0.2, 0.25) is 0 Å². The van der Waals surface area contributed by atoms with Crippen LogP contribution in [0.1, 0.15) is 18.9 Å². The van der Waals surface area contributed by atoms with Gasteiger partial charge in [0.15, 0.2) is 3.95 Å². The van der Waals surface area contributed by atoms with Crippen molar-refractivity contribution >= 4 is 23.6 Å². The van der Waals surface area contributed by atoms with Gasteiger partial charge in [-0.15, -0.1) is 0 Å². The van der Waals surface area contributed by atoms with Crippen LogP contribution in [0.2, 0.25) is 0 Å². The van der Waals surface area contributed by atoms with Crippen LogP contribution in [0, 0.1) is 3.95 Å². The first-order valence-electron chi connectivity index (χ1n) is 4.94. The van der Waals surface area contributed by atoms with Gasteiger partial charge in [0, 0.05) is 5.56 Å². The summed E-state index contributed by atoms with van der Waals surface area (Å²) < 4.78 is 0.728. The van der Waals surface area contributed by atoms with Crippen molar-refractivity contribution in [3.05, 3.63) is 33.8 Å². The van der Waals surface area contributed by atoms with Gasteiger partial charge in [-0.05, 0) is 30.3 Å². The van der Waals surface area contributed by atoms with Gasteiger partial charge in [-0.25, -0.2) is 0 Å². The molecule has 1 aromatic heterocycles. The van der Waals surface area contributed by atoms with Crippen molar-refractivity contribution in [1.29, 1.82) is 0 Å². The van der Waals surface area contributed by atoms with Crippen molar-refractivity contribution in [2.24, 2.45) is 0 Å². The van der Waals surface area contributed by atoms with Crippen molar-refractivity contribution in [2.45, 2.75) is 19.8 Å². The Bertz CT molecular complexity index is 499. The van der Waals surface area contributed by atoms with Crippen LogP contribution in [0.3, 0.4) is 0 Å². The molecule has 15 heavy (non-hydrogen) atoms. The number of aromatic nitrogens is 2. The SMILES string of the molecule is CCCc1cccc(-c2n[nH]c(=S)s2)c1. The second kappa shape index (κ2) is 4.68. The third-order valence-corrected chi connectivity index (χ3v) is 3.29. The summed E-state index contributed by atoms with van der Waals surface area (Å²) >= 11 is 6.53. The smallest absolute Gasteiger partial charge is 0.176 e. The summed E-state index contributed by atoms with van der Waals surface area (Å²) in [5.74, 6) is 0. The maximum Gasteiger partial charge on any atom is 0.176 e. The van der Waals surface area contributed by atoms with Gasteiger partial charge in [0.25, 0.3) is 0 Å². The molecule has 1 heterocycles. The fourth-order valence-corrected chi connectivity index (χ4v) is 2.39. The highest BCUT2D eigenvalue weighted by atomic mass is 32.1. The first-order valence-corrected chi connectivity index (χ1v) is 6.17. The molecule has 0 bridgehead atoms. The van der Waals surface area contributed by atoms with Gasteiger partial charge in [-0.1, -0.05) is 42.9 Å². The van der Waals surface area contributed by atoms with Gasteiger partial charge >= 0.3 is 0 Å². The summed E-state index contributed by atoms with van der Waals surface area (Å²) in [4.78, 5) is 0. The van der Waals surface area contributed by atoms with Crippen molar-refractivity contribution in [3.63, 3.8) is 0 Å². The minimum Gasteiger partial charge on any atom is -0.258 e. The Kier molecular flexibility index (Phi) is 3.28. The molecule has 0 saturated heterocycles. The number of hydrogen-bond acceptors (Lipinski definition) is 3. The Labute approximate surface area is 98.0 Å². The summed E-state index contributed by atoms with van der Waals surface area (Å²) in [5, 5.41) is 7.95. The molecule has 1 aromatic carbocycles. The summed E-state index contributed by atoms with van der Waals surface area (Å²) in [7, 11) is 0. The second-order valence-electron chi connectivity index (χ2n) is 3.37. The van der Waals surface area contributed by atoms with E-state index in [9.17, 15) is 0 Å². The molecule has 0 aliphatic heterocycles. The molecular weight excluding hydrogens is 224 g/mol. The van der Waals surface area contributed by atoms with Gasteiger partial charge in [-0.3, -0.25) is 5.10 Å². The molecule has 0 spiro atoms. The Morgan fingerprint density at radius 1 is 1.47 bits per heavy atom. The van der Waals surface area contributed by atoms with Crippen LogP contribution in [0.4, 0.5) is 0 Å². The van der Waals surface area contributed by atoms with E-state index in [1.165, 1.54) is 23.3 Å². The van der Waals surface area contributed by atoms with E-state index in [-0.39, 0.29) is 0 Å². The lowest BCUT2D eigenvalue weighted by Crippen LogP contribution is -1.84. The van der Waals surface area contributed by atoms with Crippen LogP contribution >= 0.6 is 23.6 Å². The predicted molar refractivity (Wildman–Crippen MR) is 66.7 cm³/mol. The Morgan fingerprint density at radius 3 is 3.00 bits per heavy atom. The number of benzene rings is 1. The van der Waals surface area contributed by atoms with Gasteiger partial charge < -0.3 is 0 Å². The Hall–Kier alpha value is -1.00. The zero-order valence-corrected chi connectivity index (χ0v) is 10.1. The zero-order chi connectivity index (χ0) is 10.7. The molecular formula is C11H12N2S2. The number of rotatable bonds is 3. The molecule has 0 amide bonds. The fraction of sp³-hybridized carbons (Fsp3) is 0.273. The quantitative estimate of drug-likeness (QED) is 0.821. The number of aromatic amines is 1. The van der Waals surface area contributed by atoms with Gasteiger partial charge in [0.1, 0.15) is 5.01 Å². The van der Waals surface area contributed by atoms with E-state index < -0.39 is 0 Å². The highest BCUT2D eigenvalue weighted by molar-refractivity contribution is 7.73. The number of H-pyrrole nitrogens is 1. The molecule has 0 atom stereocenters. The predicted octanol–water partition coefficient (Wildman–Crippen LogP) is 3.82. The lowest BCUT2D eigenvalue weighted by molar-refractivity contribution is 0.922. The lowest BCUT2D eigenvalue weighted by atomic mass is 10.1. The summed E-state index contributed by atoms with van der Waals surface area (Å²) in [5.41, 5.74) is 2.51. The molecule has 0 fully saturated rings. The minimum absolute atomic E-state index is 0.728. The van der Waals surface area contributed by atoms with E-state index in [2.05, 4.69) is 41.4 Å². The largest absolute Gasteiger partial charge is 0.258 e. The molecule has 2 aromatic rings. The maximum atomic E-state index is 5.02. The van der Waals surface area contributed by atoms with Gasteiger partial charge in [0.05, 0.1) is 0 Å². The Balaban J connectivity index is 2.36. The normalized spacial score (nSPS) is 10.5. The molecule has 0 saturated carbocycles. The van der Waals surface area contributed by atoms with Crippen LogP contribution in [0.5, 0.6) is 0 Å².